The van der Waals surface area contributed by atoms with Gasteiger partial charge in [0.05, 0.1) is 11.5 Å². The zero-order valence-electron chi connectivity index (χ0n) is 20.3. The molecule has 0 atom stereocenters. The quantitative estimate of drug-likeness (QED) is 0.174. The summed E-state index contributed by atoms with van der Waals surface area (Å²) in [5.74, 6) is 1.73. The van der Waals surface area contributed by atoms with E-state index in [0.717, 1.165) is 42.2 Å². The third-order valence-electron chi connectivity index (χ3n) is 6.06. The summed E-state index contributed by atoms with van der Waals surface area (Å²) in [4.78, 5) is 2.59. The van der Waals surface area contributed by atoms with Crippen molar-refractivity contribution in [3.05, 3.63) is 47.3 Å². The molecule has 0 saturated heterocycles. The van der Waals surface area contributed by atoms with Crippen molar-refractivity contribution < 1.29 is 9.26 Å². The fourth-order valence-corrected chi connectivity index (χ4v) is 7.69. The Labute approximate surface area is 199 Å². The predicted molar refractivity (Wildman–Crippen MR) is 141 cm³/mol. The van der Waals surface area contributed by atoms with Gasteiger partial charge in [-0.25, -0.2) is 0 Å². The van der Waals surface area contributed by atoms with Crippen molar-refractivity contribution in [3.63, 3.8) is 0 Å². The van der Waals surface area contributed by atoms with Gasteiger partial charge in [-0.1, -0.05) is 69.9 Å². The molecule has 0 amide bonds. The van der Waals surface area contributed by atoms with Crippen LogP contribution in [0.5, 0.6) is 5.75 Å². The Morgan fingerprint density at radius 1 is 0.906 bits per heavy atom. The van der Waals surface area contributed by atoms with Gasteiger partial charge in [0.2, 0.25) is 0 Å². The molecule has 2 heterocycles. The first-order chi connectivity index (χ1) is 15.5. The topological polar surface area (TPSA) is 35.3 Å². The molecule has 0 spiro atoms. The maximum atomic E-state index is 5.97. The minimum Gasteiger partial charge on any atom is -0.494 e. The Morgan fingerprint density at radius 3 is 2.41 bits per heavy atom. The second kappa shape index (κ2) is 12.4. The van der Waals surface area contributed by atoms with Crippen LogP contribution in [0.15, 0.2) is 47.0 Å². The second-order valence-electron chi connectivity index (χ2n) is 9.54. The molecule has 32 heavy (non-hydrogen) atoms. The molecule has 0 bridgehead atoms. The molecular formula is C27H39NO2SSi. The molecule has 0 saturated carbocycles. The first-order valence-electron chi connectivity index (χ1n) is 12.3. The van der Waals surface area contributed by atoms with E-state index in [0.29, 0.717) is 0 Å². The summed E-state index contributed by atoms with van der Waals surface area (Å²) >= 11 is 1.81. The highest BCUT2D eigenvalue weighted by Gasteiger charge is 2.18. The maximum absolute atomic E-state index is 5.97. The van der Waals surface area contributed by atoms with Crippen LogP contribution in [0, 0.1) is 0 Å². The van der Waals surface area contributed by atoms with Crippen molar-refractivity contribution in [1.82, 2.24) is 5.16 Å². The molecule has 0 aliphatic carbocycles. The molecular weight excluding hydrogens is 430 g/mol. The second-order valence-corrected chi connectivity index (χ2v) is 16.0. The van der Waals surface area contributed by atoms with Gasteiger partial charge in [-0.3, -0.25) is 0 Å². The maximum Gasteiger partial charge on any atom is 0.167 e. The molecule has 174 valence electrons. The van der Waals surface area contributed by atoms with Crippen LogP contribution in [0.4, 0.5) is 0 Å². The zero-order chi connectivity index (χ0) is 22.8. The van der Waals surface area contributed by atoms with E-state index in [4.69, 9.17) is 9.26 Å². The van der Waals surface area contributed by atoms with Crippen molar-refractivity contribution >= 4 is 19.4 Å². The summed E-state index contributed by atoms with van der Waals surface area (Å²) < 4.78 is 11.6. The third kappa shape index (κ3) is 7.63. The highest BCUT2D eigenvalue weighted by Crippen LogP contribution is 2.32. The summed E-state index contributed by atoms with van der Waals surface area (Å²) in [7, 11) is -0.997. The first-order valence-corrected chi connectivity index (χ1v) is 16.5. The summed E-state index contributed by atoms with van der Waals surface area (Å²) in [5.41, 5.74) is 1.95. The van der Waals surface area contributed by atoms with Gasteiger partial charge in [0.15, 0.2) is 5.76 Å². The van der Waals surface area contributed by atoms with E-state index in [2.05, 4.69) is 56.4 Å². The number of aromatic nitrogens is 1. The Balaban J connectivity index is 1.46. The van der Waals surface area contributed by atoms with Crippen molar-refractivity contribution in [3.8, 4) is 27.6 Å². The fraction of sp³-hybridized carbons (Fsp3) is 0.519. The van der Waals surface area contributed by atoms with Gasteiger partial charge in [0.25, 0.3) is 0 Å². The number of ether oxygens (including phenoxy) is 1. The Kier molecular flexibility index (Phi) is 9.61. The van der Waals surface area contributed by atoms with E-state index < -0.39 is 8.07 Å². The highest BCUT2D eigenvalue weighted by molar-refractivity contribution is 7.15. The van der Waals surface area contributed by atoms with Crippen LogP contribution < -0.4 is 4.74 Å². The van der Waals surface area contributed by atoms with Gasteiger partial charge in [0.1, 0.15) is 11.4 Å². The lowest BCUT2D eigenvalue weighted by Gasteiger charge is -2.21. The highest BCUT2D eigenvalue weighted by atomic mass is 32.1. The van der Waals surface area contributed by atoms with Crippen molar-refractivity contribution in [2.45, 2.75) is 84.0 Å². The lowest BCUT2D eigenvalue weighted by atomic mass is 10.1. The molecule has 5 heteroatoms. The van der Waals surface area contributed by atoms with Crippen LogP contribution in [0.2, 0.25) is 25.2 Å². The third-order valence-corrected chi connectivity index (χ3v) is 10.6. The van der Waals surface area contributed by atoms with Gasteiger partial charge in [0, 0.05) is 24.6 Å². The van der Waals surface area contributed by atoms with Gasteiger partial charge >= 0.3 is 0 Å². The number of unbranched alkanes of at least 4 members (excludes halogenated alkanes) is 3. The van der Waals surface area contributed by atoms with Crippen molar-refractivity contribution in [2.75, 3.05) is 6.61 Å². The smallest absolute Gasteiger partial charge is 0.167 e. The lowest BCUT2D eigenvalue weighted by Crippen LogP contribution is -2.24. The summed E-state index contributed by atoms with van der Waals surface area (Å²) in [6.45, 7) is 10.4. The van der Waals surface area contributed by atoms with Crippen LogP contribution >= 0.6 is 11.3 Å². The monoisotopic (exact) mass is 469 g/mol. The average molecular weight is 470 g/mol. The van der Waals surface area contributed by atoms with Gasteiger partial charge in [-0.05, 0) is 55.7 Å². The molecule has 0 radical (unpaired) electrons. The number of nitrogens with zero attached hydrogens (tertiary/aromatic N) is 1. The molecule has 2 aromatic heterocycles. The minimum atomic E-state index is -0.997. The molecule has 0 N–H and O–H groups in total. The van der Waals surface area contributed by atoms with Crippen molar-refractivity contribution in [2.24, 2.45) is 0 Å². The van der Waals surface area contributed by atoms with E-state index in [9.17, 15) is 0 Å². The Hall–Kier alpha value is -1.85. The lowest BCUT2D eigenvalue weighted by molar-refractivity contribution is 0.309. The van der Waals surface area contributed by atoms with Crippen LogP contribution in [0.3, 0.4) is 0 Å². The Morgan fingerprint density at radius 2 is 1.66 bits per heavy atom. The van der Waals surface area contributed by atoms with E-state index in [1.165, 1.54) is 53.9 Å². The normalized spacial score (nSPS) is 11.8. The first kappa shape index (κ1) is 24.8. The van der Waals surface area contributed by atoms with Crippen LogP contribution in [-0.4, -0.2) is 19.8 Å². The molecule has 0 aliphatic heterocycles. The Bertz CT molecular complexity index is 929. The van der Waals surface area contributed by atoms with Crippen LogP contribution in [0.1, 0.15) is 57.2 Å². The summed E-state index contributed by atoms with van der Waals surface area (Å²) in [6.07, 6.45) is 8.73. The number of hydrogen-bond donors (Lipinski definition) is 0. The number of benzene rings is 1. The SMILES string of the molecule is CCCCc1ccc(-c2cc(-c3ccc(OCCCC[Si](C)(C)CCCC)cc3)on2)s1. The minimum absolute atomic E-state index is 0.794. The molecule has 0 aliphatic rings. The average Bonchev–Trinajstić information content (AvgIpc) is 3.46. The molecule has 0 fully saturated rings. The molecule has 3 rings (SSSR count). The number of rotatable bonds is 14. The van der Waals surface area contributed by atoms with E-state index in [1.54, 1.807) is 0 Å². The van der Waals surface area contributed by atoms with Gasteiger partial charge in [-0.2, -0.15) is 0 Å². The summed E-state index contributed by atoms with van der Waals surface area (Å²) in [6, 6.07) is 17.5. The van der Waals surface area contributed by atoms with E-state index in [-0.39, 0.29) is 0 Å². The van der Waals surface area contributed by atoms with Crippen LogP contribution in [0.25, 0.3) is 21.9 Å². The van der Waals surface area contributed by atoms with Gasteiger partial charge < -0.3 is 9.26 Å². The number of thiophene rings is 1. The standard InChI is InChI=1S/C27H39NO2SSi/c1-5-7-11-24-16-17-27(31-24)25-21-26(30-28-25)22-12-14-23(15-13-22)29-18-9-10-20-32(3,4)19-8-6-2/h12-17,21H,5-11,18-20H2,1-4H3. The molecule has 3 nitrogen and oxygen atoms in total. The predicted octanol–water partition coefficient (Wildman–Crippen LogP) is 9.08. The van der Waals surface area contributed by atoms with Crippen LogP contribution in [-0.2, 0) is 6.42 Å². The molecule has 3 aromatic rings. The number of hydrogen-bond acceptors (Lipinski definition) is 4. The molecule has 0 unspecified atom stereocenters. The van der Waals surface area contributed by atoms with Crippen molar-refractivity contribution in [1.29, 1.82) is 0 Å². The molecule has 1 aromatic carbocycles. The van der Waals surface area contributed by atoms with E-state index >= 15 is 0 Å². The zero-order valence-corrected chi connectivity index (χ0v) is 22.1. The number of aryl methyl sites for hydroxylation is 1. The summed E-state index contributed by atoms with van der Waals surface area (Å²) in [5, 5.41) is 4.29. The largest absolute Gasteiger partial charge is 0.494 e. The van der Waals surface area contributed by atoms with E-state index in [1.807, 2.05) is 29.5 Å². The fourth-order valence-electron chi connectivity index (χ4n) is 3.92. The van der Waals surface area contributed by atoms with Gasteiger partial charge in [-0.15, -0.1) is 11.3 Å².